The Hall–Kier alpha value is -4.25. The van der Waals surface area contributed by atoms with Gasteiger partial charge in [-0.3, -0.25) is 9.59 Å². The van der Waals surface area contributed by atoms with Crippen LogP contribution in [0.15, 0.2) is 70.9 Å². The minimum Gasteiger partial charge on any atom is -0.465 e. The third kappa shape index (κ3) is 11.4. The van der Waals surface area contributed by atoms with E-state index in [4.69, 9.17) is 23.7 Å². The van der Waals surface area contributed by atoms with Crippen molar-refractivity contribution in [2.75, 3.05) is 20.8 Å². The molecular weight excluding hydrogens is 570 g/mol. The maximum Gasteiger partial charge on any atom is 0.508 e. The zero-order valence-electron chi connectivity index (χ0n) is 27.6. The molecule has 0 N–H and O–H groups in total. The molecule has 11 nitrogen and oxygen atoms in total. The van der Waals surface area contributed by atoms with Crippen LogP contribution in [-0.4, -0.2) is 72.6 Å². The van der Waals surface area contributed by atoms with Gasteiger partial charge in [-0.15, -0.1) is 0 Å². The van der Waals surface area contributed by atoms with E-state index < -0.39 is 46.8 Å². The highest BCUT2D eigenvalue weighted by molar-refractivity contribution is 6.28. The number of allylic oxidation sites excluding steroid dienone is 8. The van der Waals surface area contributed by atoms with Crippen LogP contribution in [0.5, 0.6) is 0 Å². The van der Waals surface area contributed by atoms with Gasteiger partial charge in [0.2, 0.25) is 0 Å². The van der Waals surface area contributed by atoms with Crippen molar-refractivity contribution < 1.29 is 47.7 Å². The van der Waals surface area contributed by atoms with Gasteiger partial charge in [-0.2, -0.15) is 0 Å². The van der Waals surface area contributed by atoms with Gasteiger partial charge < -0.3 is 23.7 Å². The molecule has 0 fully saturated rings. The second kappa shape index (κ2) is 16.0. The van der Waals surface area contributed by atoms with E-state index in [9.17, 15) is 24.0 Å². The number of esters is 1. The Bertz CT molecular complexity index is 1300. The molecule has 0 radical (unpaired) electrons. The van der Waals surface area contributed by atoms with E-state index >= 15 is 0 Å². The predicted octanol–water partition coefficient (Wildman–Crippen LogP) is 6.07. The number of nitrogens with zero attached hydrogens (tertiary/aromatic N) is 1. The average molecular weight is 616 g/mol. The molecule has 2 amide bonds. The number of methoxy groups -OCH3 is 2. The van der Waals surface area contributed by atoms with Crippen molar-refractivity contribution in [2.24, 2.45) is 0 Å². The Morgan fingerprint density at radius 2 is 1.55 bits per heavy atom. The lowest BCUT2D eigenvalue weighted by Crippen LogP contribution is -2.53. The number of ketones is 1. The summed E-state index contributed by atoms with van der Waals surface area (Å²) < 4.78 is 26.1. The van der Waals surface area contributed by atoms with Crippen LogP contribution in [0.1, 0.15) is 68.7 Å². The van der Waals surface area contributed by atoms with Gasteiger partial charge in [0, 0.05) is 13.5 Å². The molecule has 0 unspecified atom stereocenters. The number of hydrogen-bond acceptors (Lipinski definition) is 10. The van der Waals surface area contributed by atoms with E-state index in [-0.39, 0.29) is 24.2 Å². The summed E-state index contributed by atoms with van der Waals surface area (Å²) in [5.74, 6) is -1.98. The molecular formula is C33H45NO10. The molecule has 242 valence electrons. The summed E-state index contributed by atoms with van der Waals surface area (Å²) in [5.41, 5.74) is -2.38. The van der Waals surface area contributed by atoms with Crippen molar-refractivity contribution in [2.45, 2.75) is 85.7 Å². The lowest BCUT2D eigenvalue weighted by Gasteiger charge is -2.35. The summed E-state index contributed by atoms with van der Waals surface area (Å²) in [5, 5.41) is 0. The van der Waals surface area contributed by atoms with Gasteiger partial charge in [0.05, 0.1) is 24.9 Å². The van der Waals surface area contributed by atoms with E-state index in [0.717, 1.165) is 10.5 Å². The van der Waals surface area contributed by atoms with E-state index in [1.165, 1.54) is 33.3 Å². The van der Waals surface area contributed by atoms with Crippen molar-refractivity contribution in [3.05, 3.63) is 70.9 Å². The smallest absolute Gasteiger partial charge is 0.465 e. The fraction of sp³-hybridized carbons (Fsp3) is 0.485. The zero-order valence-corrected chi connectivity index (χ0v) is 27.6. The predicted molar refractivity (Wildman–Crippen MR) is 164 cm³/mol. The van der Waals surface area contributed by atoms with Gasteiger partial charge in [-0.25, -0.2) is 19.3 Å². The molecule has 11 heteroatoms. The highest BCUT2D eigenvalue weighted by Crippen LogP contribution is 2.35. The van der Waals surface area contributed by atoms with Gasteiger partial charge in [0.25, 0.3) is 5.91 Å². The topological polar surface area (TPSA) is 135 Å². The van der Waals surface area contributed by atoms with Crippen LogP contribution >= 0.6 is 0 Å². The van der Waals surface area contributed by atoms with Gasteiger partial charge >= 0.3 is 18.2 Å². The molecule has 0 aromatic rings. The molecule has 0 aromatic heterocycles. The number of Topliss-reactive ketones (excluding diaryl/α,β-unsaturated/α-hetero) is 1. The normalized spacial score (nSPS) is 18.5. The fourth-order valence-corrected chi connectivity index (χ4v) is 3.78. The minimum absolute atomic E-state index is 0.185. The molecule has 0 aromatic carbocycles. The second-order valence-corrected chi connectivity index (χ2v) is 11.8. The number of hydrogen-bond donors (Lipinski definition) is 0. The number of imide groups is 1. The number of carbonyl (C=O) groups is 5. The first-order valence-corrected chi connectivity index (χ1v) is 14.0. The standard InChI is InChI=1S/C33H45NO10/c1-12-24(28(37)40-10)20-22(2)16-14-13-15-17-23(3)26(35)25-21-33(41-11,18-19-42-30(39)44-32(7,8)9)34(27(25)36)29(38)43-31(4,5)6/h12-17,20-21H,18-19H2,1-11H3/b15-13+,16-14+,22-20+,23-17+,24-12+/t33-/m0/s1. The average Bonchev–Trinajstić information content (AvgIpc) is 3.20. The van der Waals surface area contributed by atoms with Gasteiger partial charge in [-0.05, 0) is 80.0 Å². The Kier molecular flexibility index (Phi) is 13.7. The van der Waals surface area contributed by atoms with Crippen LogP contribution in [0.3, 0.4) is 0 Å². The SMILES string of the molecule is C\C=C(/C=C(C)/C=C/C=C/C=C(\C)C(=O)C1=C[C@](CCOC(=O)OC(C)(C)C)(OC)N(C(=O)OC(C)(C)C)C1=O)C(=O)OC. The molecule has 0 saturated heterocycles. The van der Waals surface area contributed by atoms with Crippen LogP contribution in [0, 0.1) is 0 Å². The number of amides is 2. The number of rotatable bonds is 11. The molecule has 1 heterocycles. The number of ether oxygens (including phenoxy) is 5. The molecule has 1 aliphatic heterocycles. The van der Waals surface area contributed by atoms with Gasteiger partial charge in [0.1, 0.15) is 11.2 Å². The molecule has 0 spiro atoms. The summed E-state index contributed by atoms with van der Waals surface area (Å²) in [6, 6.07) is 0. The molecule has 1 aliphatic rings. The van der Waals surface area contributed by atoms with Crippen LogP contribution < -0.4 is 0 Å². The van der Waals surface area contributed by atoms with Crippen molar-refractivity contribution in [1.29, 1.82) is 0 Å². The van der Waals surface area contributed by atoms with Crippen LogP contribution in [-0.2, 0) is 38.1 Å². The first-order valence-electron chi connectivity index (χ1n) is 14.0. The first kappa shape index (κ1) is 37.8. The fourth-order valence-electron chi connectivity index (χ4n) is 3.78. The minimum atomic E-state index is -1.76. The summed E-state index contributed by atoms with van der Waals surface area (Å²) in [4.78, 5) is 64.5. The van der Waals surface area contributed by atoms with Gasteiger partial charge in [0.15, 0.2) is 11.5 Å². The Labute approximate surface area is 259 Å². The highest BCUT2D eigenvalue weighted by atomic mass is 16.7. The summed E-state index contributed by atoms with van der Waals surface area (Å²) in [7, 11) is 2.57. The van der Waals surface area contributed by atoms with Crippen LogP contribution in [0.25, 0.3) is 0 Å². The van der Waals surface area contributed by atoms with E-state index in [1.54, 1.807) is 84.9 Å². The molecule has 0 aliphatic carbocycles. The Balaban J connectivity index is 3.25. The lowest BCUT2D eigenvalue weighted by molar-refractivity contribution is -0.147. The third-order valence-corrected chi connectivity index (χ3v) is 5.83. The molecule has 1 rings (SSSR count). The zero-order chi connectivity index (χ0) is 33.9. The third-order valence-electron chi connectivity index (χ3n) is 5.83. The molecule has 1 atom stereocenters. The van der Waals surface area contributed by atoms with Crippen LogP contribution in [0.2, 0.25) is 0 Å². The Morgan fingerprint density at radius 3 is 2.07 bits per heavy atom. The van der Waals surface area contributed by atoms with Crippen LogP contribution in [0.4, 0.5) is 9.59 Å². The van der Waals surface area contributed by atoms with Crippen molar-refractivity contribution in [3.63, 3.8) is 0 Å². The molecule has 0 saturated carbocycles. The van der Waals surface area contributed by atoms with Crippen molar-refractivity contribution in [1.82, 2.24) is 4.90 Å². The molecule has 44 heavy (non-hydrogen) atoms. The van der Waals surface area contributed by atoms with Crippen molar-refractivity contribution >= 4 is 29.9 Å². The largest absolute Gasteiger partial charge is 0.508 e. The Morgan fingerprint density at radius 1 is 0.932 bits per heavy atom. The van der Waals surface area contributed by atoms with Crippen molar-refractivity contribution in [3.8, 4) is 0 Å². The highest BCUT2D eigenvalue weighted by Gasteiger charge is 2.52. The maximum atomic E-state index is 13.5. The summed E-state index contributed by atoms with van der Waals surface area (Å²) >= 11 is 0. The lowest BCUT2D eigenvalue weighted by atomic mass is 10.0. The quantitative estimate of drug-likeness (QED) is 0.0886. The van der Waals surface area contributed by atoms with Gasteiger partial charge in [-0.1, -0.05) is 42.0 Å². The molecule has 0 bridgehead atoms. The second-order valence-electron chi connectivity index (χ2n) is 11.8. The monoisotopic (exact) mass is 615 g/mol. The number of carbonyl (C=O) groups excluding carboxylic acids is 5. The van der Waals surface area contributed by atoms with E-state index in [1.807, 2.05) is 6.92 Å². The maximum absolute atomic E-state index is 13.5. The summed E-state index contributed by atoms with van der Waals surface area (Å²) in [6.45, 7) is 14.7. The van der Waals surface area contributed by atoms with E-state index in [2.05, 4.69) is 0 Å². The summed E-state index contributed by atoms with van der Waals surface area (Å²) in [6.07, 6.45) is 10.7. The van der Waals surface area contributed by atoms with E-state index in [0.29, 0.717) is 5.57 Å². The first-order chi connectivity index (χ1) is 20.3.